The Labute approximate surface area is 138 Å². The maximum absolute atomic E-state index is 13.8. The predicted molar refractivity (Wildman–Crippen MR) is 82.8 cm³/mol. The zero-order valence-corrected chi connectivity index (χ0v) is 13.7. The molecular formula is C17H20F2N4O. The van der Waals surface area contributed by atoms with E-state index in [1.54, 1.807) is 6.92 Å². The van der Waals surface area contributed by atoms with E-state index in [1.807, 2.05) is 4.90 Å². The van der Waals surface area contributed by atoms with E-state index in [2.05, 4.69) is 16.0 Å². The van der Waals surface area contributed by atoms with E-state index in [4.69, 9.17) is 0 Å². The van der Waals surface area contributed by atoms with Crippen LogP contribution in [-0.2, 0) is 12.8 Å². The molecule has 1 saturated carbocycles. The SMILES string of the molecule is Cc1nc2c(c(=O)[nH]1)CC(C#N)(N1CCCC3(C1)CC3(F)F)CC2. The van der Waals surface area contributed by atoms with Gasteiger partial charge in [-0.05, 0) is 39.2 Å². The van der Waals surface area contributed by atoms with Gasteiger partial charge in [-0.25, -0.2) is 13.8 Å². The van der Waals surface area contributed by atoms with Gasteiger partial charge >= 0.3 is 0 Å². The molecule has 2 heterocycles. The first-order valence-electron chi connectivity index (χ1n) is 8.44. The number of fused-ring (bicyclic) bond motifs is 1. The summed E-state index contributed by atoms with van der Waals surface area (Å²) in [6.07, 6.45) is 2.46. The van der Waals surface area contributed by atoms with Gasteiger partial charge in [-0.1, -0.05) is 0 Å². The molecule has 2 aliphatic carbocycles. The molecule has 2 fully saturated rings. The van der Waals surface area contributed by atoms with E-state index >= 15 is 0 Å². The average Bonchev–Trinajstić information content (AvgIpc) is 3.06. The molecule has 7 heteroatoms. The highest BCUT2D eigenvalue weighted by atomic mass is 19.3. The van der Waals surface area contributed by atoms with Gasteiger partial charge in [0.2, 0.25) is 0 Å². The van der Waals surface area contributed by atoms with Crippen molar-refractivity contribution in [1.82, 2.24) is 14.9 Å². The van der Waals surface area contributed by atoms with Crippen LogP contribution >= 0.6 is 0 Å². The highest BCUT2D eigenvalue weighted by Crippen LogP contribution is 2.65. The zero-order valence-electron chi connectivity index (χ0n) is 13.7. The van der Waals surface area contributed by atoms with E-state index < -0.39 is 16.9 Å². The number of nitriles is 1. The Kier molecular flexibility index (Phi) is 3.17. The van der Waals surface area contributed by atoms with E-state index in [1.165, 1.54) is 0 Å². The van der Waals surface area contributed by atoms with Crippen molar-refractivity contribution in [3.8, 4) is 6.07 Å². The van der Waals surface area contributed by atoms with Gasteiger partial charge in [0.15, 0.2) is 0 Å². The van der Waals surface area contributed by atoms with Crippen LogP contribution in [-0.4, -0.2) is 39.4 Å². The quantitative estimate of drug-likeness (QED) is 0.852. The Hall–Kier alpha value is -1.81. The minimum atomic E-state index is -2.61. The normalized spacial score (nSPS) is 34.6. The van der Waals surface area contributed by atoms with Crippen LogP contribution in [0.5, 0.6) is 0 Å². The number of piperidine rings is 1. The van der Waals surface area contributed by atoms with Crippen LogP contribution in [0.25, 0.3) is 0 Å². The summed E-state index contributed by atoms with van der Waals surface area (Å²) in [6, 6.07) is 2.36. The van der Waals surface area contributed by atoms with Crippen LogP contribution in [0.2, 0.25) is 0 Å². The number of nitrogens with one attached hydrogen (secondary N) is 1. The number of hydrogen-bond acceptors (Lipinski definition) is 4. The van der Waals surface area contributed by atoms with Crippen molar-refractivity contribution in [3.05, 3.63) is 27.4 Å². The van der Waals surface area contributed by atoms with Crippen LogP contribution in [0.15, 0.2) is 4.79 Å². The lowest BCUT2D eigenvalue weighted by atomic mass is 9.77. The number of nitrogens with zero attached hydrogens (tertiary/aromatic N) is 3. The summed E-state index contributed by atoms with van der Waals surface area (Å²) in [5, 5.41) is 9.87. The third kappa shape index (κ3) is 2.12. The molecule has 128 valence electrons. The summed E-state index contributed by atoms with van der Waals surface area (Å²) in [6.45, 7) is 2.62. The number of alkyl halides is 2. The number of aryl methyl sites for hydroxylation is 2. The zero-order chi connectivity index (χ0) is 17.2. The Morgan fingerprint density at radius 1 is 1.38 bits per heavy atom. The molecule has 0 bridgehead atoms. The van der Waals surface area contributed by atoms with Crippen molar-refractivity contribution in [3.63, 3.8) is 0 Å². The van der Waals surface area contributed by atoms with Crippen LogP contribution < -0.4 is 5.56 Å². The Morgan fingerprint density at radius 3 is 2.79 bits per heavy atom. The number of hydrogen-bond donors (Lipinski definition) is 1. The third-order valence-corrected chi connectivity index (χ3v) is 6.07. The Balaban J connectivity index is 1.66. The second-order valence-corrected chi connectivity index (χ2v) is 7.58. The van der Waals surface area contributed by atoms with E-state index in [0.717, 1.165) is 5.69 Å². The monoisotopic (exact) mass is 334 g/mol. The van der Waals surface area contributed by atoms with Crippen molar-refractivity contribution in [1.29, 1.82) is 5.26 Å². The fourth-order valence-corrected chi connectivity index (χ4v) is 4.52. The van der Waals surface area contributed by atoms with E-state index in [9.17, 15) is 18.8 Å². The van der Waals surface area contributed by atoms with Gasteiger partial charge in [0.25, 0.3) is 11.5 Å². The lowest BCUT2D eigenvalue weighted by Gasteiger charge is -2.45. The topological polar surface area (TPSA) is 72.8 Å². The molecule has 5 nitrogen and oxygen atoms in total. The molecule has 1 aromatic heterocycles. The molecule has 4 rings (SSSR count). The molecule has 1 saturated heterocycles. The molecule has 1 aliphatic heterocycles. The number of halogens is 2. The third-order valence-electron chi connectivity index (χ3n) is 6.07. The summed E-state index contributed by atoms with van der Waals surface area (Å²) in [4.78, 5) is 21.3. The molecule has 1 aromatic rings. The van der Waals surface area contributed by atoms with Crippen LogP contribution in [0.4, 0.5) is 8.78 Å². The largest absolute Gasteiger partial charge is 0.311 e. The van der Waals surface area contributed by atoms with Gasteiger partial charge in [0.1, 0.15) is 11.4 Å². The molecule has 0 aromatic carbocycles. The number of likely N-dealkylation sites (tertiary alicyclic amines) is 1. The van der Waals surface area contributed by atoms with Crippen molar-refractivity contribution < 1.29 is 8.78 Å². The van der Waals surface area contributed by atoms with Crippen molar-refractivity contribution in [2.75, 3.05) is 13.1 Å². The first-order chi connectivity index (χ1) is 11.3. The van der Waals surface area contributed by atoms with Crippen LogP contribution in [0.3, 0.4) is 0 Å². The average molecular weight is 334 g/mol. The minimum absolute atomic E-state index is 0.0735. The summed E-state index contributed by atoms with van der Waals surface area (Å²) in [7, 11) is 0. The number of aromatic nitrogens is 2. The van der Waals surface area contributed by atoms with Gasteiger partial charge in [-0.3, -0.25) is 9.69 Å². The van der Waals surface area contributed by atoms with Crippen molar-refractivity contribution in [2.45, 2.75) is 56.9 Å². The second-order valence-electron chi connectivity index (χ2n) is 7.58. The first kappa shape index (κ1) is 15.7. The van der Waals surface area contributed by atoms with Crippen LogP contribution in [0.1, 0.15) is 42.8 Å². The fourth-order valence-electron chi connectivity index (χ4n) is 4.52. The highest BCUT2D eigenvalue weighted by Gasteiger charge is 2.72. The molecule has 1 N–H and O–H groups in total. The maximum atomic E-state index is 13.8. The van der Waals surface area contributed by atoms with Gasteiger partial charge in [0.05, 0.1) is 17.2 Å². The van der Waals surface area contributed by atoms with Gasteiger partial charge in [0, 0.05) is 24.9 Å². The number of H-pyrrole nitrogens is 1. The maximum Gasteiger partial charge on any atom is 0.255 e. The van der Waals surface area contributed by atoms with Gasteiger partial charge < -0.3 is 4.98 Å². The minimum Gasteiger partial charge on any atom is -0.311 e. The molecule has 2 unspecified atom stereocenters. The lowest BCUT2D eigenvalue weighted by Crippen LogP contribution is -2.57. The molecule has 2 atom stereocenters. The summed E-state index contributed by atoms with van der Waals surface area (Å²) in [5.74, 6) is -2.04. The van der Waals surface area contributed by atoms with E-state index in [0.29, 0.717) is 43.6 Å². The smallest absolute Gasteiger partial charge is 0.255 e. The van der Waals surface area contributed by atoms with E-state index in [-0.39, 0.29) is 24.9 Å². The Bertz CT molecular complexity index is 799. The predicted octanol–water partition coefficient (Wildman–Crippen LogP) is 1.95. The fraction of sp³-hybridized carbons (Fsp3) is 0.706. The lowest BCUT2D eigenvalue weighted by molar-refractivity contribution is -0.00495. The molecule has 0 amide bonds. The van der Waals surface area contributed by atoms with Crippen molar-refractivity contribution >= 4 is 0 Å². The standard InChI is InChI=1S/C17H20F2N4O/c1-11-21-13-3-5-16(9-20,7-12(13)14(24)22-11)23-6-2-4-15(10-23)8-17(15,18)19/h2-8,10H2,1H3,(H,21,22,24). The second kappa shape index (κ2) is 4.85. The van der Waals surface area contributed by atoms with Crippen molar-refractivity contribution in [2.24, 2.45) is 5.41 Å². The molecule has 1 spiro atoms. The molecule has 3 aliphatic rings. The molecular weight excluding hydrogens is 314 g/mol. The van der Waals surface area contributed by atoms with Gasteiger partial charge in [-0.15, -0.1) is 0 Å². The summed E-state index contributed by atoms with van der Waals surface area (Å²) >= 11 is 0. The number of aromatic amines is 1. The Morgan fingerprint density at radius 2 is 2.12 bits per heavy atom. The summed E-state index contributed by atoms with van der Waals surface area (Å²) < 4.78 is 27.6. The summed E-state index contributed by atoms with van der Waals surface area (Å²) in [5.41, 5.74) is -0.752. The highest BCUT2D eigenvalue weighted by molar-refractivity contribution is 5.30. The number of rotatable bonds is 1. The molecule has 24 heavy (non-hydrogen) atoms. The van der Waals surface area contributed by atoms with Crippen LogP contribution in [0, 0.1) is 23.7 Å². The molecule has 0 radical (unpaired) electrons. The van der Waals surface area contributed by atoms with Gasteiger partial charge in [-0.2, -0.15) is 5.26 Å². The first-order valence-corrected chi connectivity index (χ1v) is 8.44.